The van der Waals surface area contributed by atoms with E-state index in [1.54, 1.807) is 6.92 Å². The Balaban J connectivity index is 1.66. The molecule has 0 bridgehead atoms. The Morgan fingerprint density at radius 3 is 2.67 bits per heavy atom. The lowest BCUT2D eigenvalue weighted by Gasteiger charge is -2.11. The second kappa shape index (κ2) is 6.72. The molecular weight excluding hydrogens is 340 g/mol. The van der Waals surface area contributed by atoms with Crippen LogP contribution in [-0.2, 0) is 11.3 Å². The molecule has 0 spiro atoms. The monoisotopic (exact) mass is 360 g/mol. The summed E-state index contributed by atoms with van der Waals surface area (Å²) in [7, 11) is 0. The van der Waals surface area contributed by atoms with Crippen LogP contribution in [0, 0.1) is 20.8 Å². The van der Waals surface area contributed by atoms with Crippen molar-refractivity contribution in [2.24, 2.45) is 0 Å². The summed E-state index contributed by atoms with van der Waals surface area (Å²) in [6.45, 7) is 5.99. The number of nitrogens with zero attached hydrogens (tertiary/aromatic N) is 3. The molecule has 0 radical (unpaired) electrons. The summed E-state index contributed by atoms with van der Waals surface area (Å²) in [5.74, 6) is 0.879. The molecule has 2 aromatic carbocycles. The van der Waals surface area contributed by atoms with Gasteiger partial charge in [0.25, 0.3) is 0 Å². The van der Waals surface area contributed by atoms with Crippen LogP contribution in [0.1, 0.15) is 17.0 Å². The van der Waals surface area contributed by atoms with Gasteiger partial charge in [-0.25, -0.2) is 0 Å². The van der Waals surface area contributed by atoms with Crippen LogP contribution < -0.4 is 5.32 Å². The minimum absolute atomic E-state index is 0.0855. The zero-order valence-electron chi connectivity index (χ0n) is 15.5. The van der Waals surface area contributed by atoms with Gasteiger partial charge in [-0.1, -0.05) is 30.3 Å². The van der Waals surface area contributed by atoms with Gasteiger partial charge >= 0.3 is 0 Å². The highest BCUT2D eigenvalue weighted by Gasteiger charge is 2.16. The van der Waals surface area contributed by atoms with Crippen molar-refractivity contribution in [2.75, 3.05) is 5.32 Å². The van der Waals surface area contributed by atoms with Crippen molar-refractivity contribution in [3.8, 4) is 11.5 Å². The zero-order chi connectivity index (χ0) is 19.0. The number of carbonyl (C=O) groups excluding carboxylic acids is 1. The van der Waals surface area contributed by atoms with E-state index in [0.717, 1.165) is 33.3 Å². The number of aromatic nitrogens is 3. The smallest absolute Gasteiger partial charge is 0.249 e. The van der Waals surface area contributed by atoms with Crippen LogP contribution in [0.2, 0.25) is 0 Å². The highest BCUT2D eigenvalue weighted by Crippen LogP contribution is 2.30. The average molecular weight is 360 g/mol. The number of anilines is 1. The topological polar surface area (TPSA) is 73.0 Å². The minimum atomic E-state index is -0.0855. The lowest BCUT2D eigenvalue weighted by Crippen LogP contribution is -2.18. The Morgan fingerprint density at radius 2 is 1.89 bits per heavy atom. The summed E-state index contributed by atoms with van der Waals surface area (Å²) in [4.78, 5) is 12.7. The summed E-state index contributed by atoms with van der Waals surface area (Å²) in [6, 6.07) is 13.8. The first-order chi connectivity index (χ1) is 13.0. The number of carbonyl (C=O) groups is 1. The third kappa shape index (κ3) is 3.21. The summed E-state index contributed by atoms with van der Waals surface area (Å²) in [5, 5.41) is 12.0. The molecule has 0 aliphatic heterocycles. The largest absolute Gasteiger partial charge is 0.421 e. The standard InChI is InChI=1S/C21H20N4O2/c1-13-7-6-9-18(14(13)2)22-20(26)12-25-11-17(21-24-23-15(3)27-21)16-8-4-5-10-19(16)25/h4-11H,12H2,1-3H3,(H,22,26). The normalized spacial score (nSPS) is 11.1. The first-order valence-electron chi connectivity index (χ1n) is 8.77. The fourth-order valence-electron chi connectivity index (χ4n) is 3.18. The SMILES string of the molecule is Cc1nnc(-c2cn(CC(=O)Nc3cccc(C)c3C)c3ccccc23)o1. The molecule has 0 unspecified atom stereocenters. The summed E-state index contributed by atoms with van der Waals surface area (Å²) in [5.41, 5.74) is 4.83. The maximum absolute atomic E-state index is 12.7. The molecule has 4 aromatic rings. The number of aryl methyl sites for hydroxylation is 2. The Kier molecular flexibility index (Phi) is 4.24. The fourth-order valence-corrected chi connectivity index (χ4v) is 3.18. The lowest BCUT2D eigenvalue weighted by atomic mass is 10.1. The maximum Gasteiger partial charge on any atom is 0.249 e. The van der Waals surface area contributed by atoms with E-state index in [-0.39, 0.29) is 12.5 Å². The van der Waals surface area contributed by atoms with Crippen molar-refractivity contribution < 1.29 is 9.21 Å². The van der Waals surface area contributed by atoms with Crippen molar-refractivity contribution in [2.45, 2.75) is 27.3 Å². The quantitative estimate of drug-likeness (QED) is 0.590. The molecule has 0 aliphatic rings. The van der Waals surface area contributed by atoms with Crippen LogP contribution in [0.3, 0.4) is 0 Å². The molecule has 2 aromatic heterocycles. The second-order valence-corrected chi connectivity index (χ2v) is 6.61. The third-order valence-electron chi connectivity index (χ3n) is 4.74. The van der Waals surface area contributed by atoms with Gasteiger partial charge in [0.2, 0.25) is 17.7 Å². The molecule has 0 aliphatic carbocycles. The van der Waals surface area contributed by atoms with E-state index >= 15 is 0 Å². The number of rotatable bonds is 4. The summed E-state index contributed by atoms with van der Waals surface area (Å²) in [6.07, 6.45) is 1.89. The van der Waals surface area contributed by atoms with Crippen molar-refractivity contribution in [3.63, 3.8) is 0 Å². The number of benzene rings is 2. The molecule has 1 amide bonds. The molecule has 6 nitrogen and oxygen atoms in total. The van der Waals surface area contributed by atoms with Gasteiger partial charge in [-0.3, -0.25) is 4.79 Å². The molecule has 6 heteroatoms. The molecule has 136 valence electrons. The Morgan fingerprint density at radius 1 is 1.07 bits per heavy atom. The number of amides is 1. The summed E-state index contributed by atoms with van der Waals surface area (Å²) < 4.78 is 7.49. The van der Waals surface area contributed by atoms with Gasteiger partial charge in [0, 0.05) is 29.7 Å². The number of hydrogen-bond acceptors (Lipinski definition) is 4. The average Bonchev–Trinajstić information content (AvgIpc) is 3.23. The molecule has 0 atom stereocenters. The number of fused-ring (bicyclic) bond motifs is 1. The molecule has 0 saturated heterocycles. The predicted octanol–water partition coefficient (Wildman–Crippen LogP) is 4.26. The minimum Gasteiger partial charge on any atom is -0.421 e. The van der Waals surface area contributed by atoms with Crippen molar-refractivity contribution >= 4 is 22.5 Å². The molecule has 0 fully saturated rings. The van der Waals surface area contributed by atoms with Crippen LogP contribution in [0.5, 0.6) is 0 Å². The van der Waals surface area contributed by atoms with E-state index in [2.05, 4.69) is 15.5 Å². The van der Waals surface area contributed by atoms with Gasteiger partial charge in [-0.2, -0.15) is 0 Å². The van der Waals surface area contributed by atoms with Gasteiger partial charge < -0.3 is 14.3 Å². The summed E-state index contributed by atoms with van der Waals surface area (Å²) >= 11 is 0. The maximum atomic E-state index is 12.7. The highest BCUT2D eigenvalue weighted by atomic mass is 16.4. The van der Waals surface area contributed by atoms with Gasteiger partial charge in [0.1, 0.15) is 6.54 Å². The Bertz CT molecular complexity index is 1140. The number of para-hydroxylation sites is 1. The Labute approximate surface area is 156 Å². The van der Waals surface area contributed by atoms with Crippen LogP contribution in [0.15, 0.2) is 53.1 Å². The van der Waals surface area contributed by atoms with Gasteiger partial charge in [-0.15, -0.1) is 10.2 Å². The second-order valence-electron chi connectivity index (χ2n) is 6.61. The fraction of sp³-hybridized carbons (Fsp3) is 0.190. The van der Waals surface area contributed by atoms with E-state index in [1.165, 1.54) is 0 Å². The van der Waals surface area contributed by atoms with Gasteiger partial charge in [0.15, 0.2) is 0 Å². The van der Waals surface area contributed by atoms with E-state index in [9.17, 15) is 4.79 Å². The van der Waals surface area contributed by atoms with Gasteiger partial charge in [-0.05, 0) is 37.1 Å². The molecule has 0 saturated carbocycles. The van der Waals surface area contributed by atoms with Crippen molar-refractivity contribution in [1.82, 2.24) is 14.8 Å². The number of hydrogen-bond donors (Lipinski definition) is 1. The molecular formula is C21H20N4O2. The van der Waals surface area contributed by atoms with E-state index in [4.69, 9.17) is 4.42 Å². The first kappa shape index (κ1) is 17.0. The van der Waals surface area contributed by atoms with Crippen molar-refractivity contribution in [1.29, 1.82) is 0 Å². The lowest BCUT2D eigenvalue weighted by molar-refractivity contribution is -0.116. The molecule has 2 heterocycles. The van der Waals surface area contributed by atoms with E-state index < -0.39 is 0 Å². The predicted molar refractivity (Wildman–Crippen MR) is 105 cm³/mol. The highest BCUT2D eigenvalue weighted by molar-refractivity contribution is 5.97. The third-order valence-corrected chi connectivity index (χ3v) is 4.74. The number of nitrogens with one attached hydrogen (secondary N) is 1. The van der Waals surface area contributed by atoms with Crippen LogP contribution >= 0.6 is 0 Å². The first-order valence-corrected chi connectivity index (χ1v) is 8.77. The zero-order valence-corrected chi connectivity index (χ0v) is 15.5. The molecule has 1 N–H and O–H groups in total. The van der Waals surface area contributed by atoms with Crippen molar-refractivity contribution in [3.05, 3.63) is 65.7 Å². The van der Waals surface area contributed by atoms with Crippen LogP contribution in [0.4, 0.5) is 5.69 Å². The van der Waals surface area contributed by atoms with Crippen LogP contribution in [0.25, 0.3) is 22.4 Å². The van der Waals surface area contributed by atoms with E-state index in [1.807, 2.05) is 67.1 Å². The molecule has 4 rings (SSSR count). The Hall–Kier alpha value is -3.41. The van der Waals surface area contributed by atoms with E-state index in [0.29, 0.717) is 11.8 Å². The molecule has 27 heavy (non-hydrogen) atoms. The van der Waals surface area contributed by atoms with Crippen LogP contribution in [-0.4, -0.2) is 20.7 Å². The van der Waals surface area contributed by atoms with Gasteiger partial charge in [0.05, 0.1) is 5.56 Å².